The van der Waals surface area contributed by atoms with E-state index in [9.17, 15) is 9.90 Å². The zero-order chi connectivity index (χ0) is 25.5. The monoisotopic (exact) mass is 525 g/mol. The van der Waals surface area contributed by atoms with Crippen LogP contribution in [0, 0.1) is 5.41 Å². The van der Waals surface area contributed by atoms with Gasteiger partial charge in [-0.15, -0.1) is 12.4 Å². The second-order valence-corrected chi connectivity index (χ2v) is 10.9. The highest BCUT2D eigenvalue weighted by molar-refractivity contribution is 5.85. The molecule has 198 valence electrons. The van der Waals surface area contributed by atoms with Crippen LogP contribution in [0.5, 0.6) is 0 Å². The molecule has 0 bridgehead atoms. The minimum atomic E-state index is -1.24. The van der Waals surface area contributed by atoms with E-state index in [0.717, 1.165) is 24.9 Å². The Morgan fingerprint density at radius 1 is 1.22 bits per heavy atom. The average Bonchev–Trinajstić information content (AvgIpc) is 3.37. The molecule has 1 unspecified atom stereocenters. The van der Waals surface area contributed by atoms with E-state index in [0.29, 0.717) is 48.4 Å². The van der Waals surface area contributed by atoms with E-state index in [1.807, 2.05) is 23.1 Å². The van der Waals surface area contributed by atoms with Crippen LogP contribution in [0.2, 0.25) is 0 Å². The van der Waals surface area contributed by atoms with Gasteiger partial charge in [-0.3, -0.25) is 9.78 Å². The maximum absolute atomic E-state index is 12.3. The van der Waals surface area contributed by atoms with Crippen molar-refractivity contribution in [2.45, 2.75) is 58.0 Å². The maximum atomic E-state index is 12.3. The molecule has 2 N–H and O–H groups in total. The first-order chi connectivity index (χ1) is 17.2. The van der Waals surface area contributed by atoms with Crippen molar-refractivity contribution in [2.75, 3.05) is 26.2 Å². The van der Waals surface area contributed by atoms with E-state index >= 15 is 0 Å². The smallest absolute Gasteiger partial charge is 0.231 e. The lowest BCUT2D eigenvalue weighted by Gasteiger charge is -2.52. The van der Waals surface area contributed by atoms with Crippen molar-refractivity contribution in [2.24, 2.45) is 5.41 Å². The lowest BCUT2D eigenvalue weighted by molar-refractivity contribution is -0.130. The van der Waals surface area contributed by atoms with Gasteiger partial charge in [0.15, 0.2) is 0 Å². The van der Waals surface area contributed by atoms with Crippen molar-refractivity contribution in [1.82, 2.24) is 25.3 Å². The standard InChI is InChI=1S/C28H35N5O3.ClH/c1-18(2)20-7-9-23(10-8-20)28(35,27(4)16-30-17-27)24-12-22(13-29-14-24)25-31-26(36-32-25)21-6-5-11-33(15-21)19(3)34;/h7-10,12-14,18,21,30,35H,5-6,11,15-17H2,1-4H3;1H/t21-,28?;/m1./s1. The van der Waals surface area contributed by atoms with Gasteiger partial charge in [-0.05, 0) is 36.0 Å². The predicted molar refractivity (Wildman–Crippen MR) is 144 cm³/mol. The zero-order valence-electron chi connectivity index (χ0n) is 21.9. The molecular formula is C28H36ClN5O3. The van der Waals surface area contributed by atoms with E-state index in [-0.39, 0.29) is 24.2 Å². The highest BCUT2D eigenvalue weighted by atomic mass is 35.5. The topological polar surface area (TPSA) is 104 Å². The number of likely N-dealkylation sites (tertiary alicyclic amines) is 1. The van der Waals surface area contributed by atoms with Gasteiger partial charge in [-0.2, -0.15) is 4.98 Å². The Morgan fingerprint density at radius 3 is 2.57 bits per heavy atom. The highest BCUT2D eigenvalue weighted by Crippen LogP contribution is 2.48. The molecule has 9 heteroatoms. The first kappa shape index (κ1) is 27.2. The summed E-state index contributed by atoms with van der Waals surface area (Å²) in [5.74, 6) is 1.48. The molecule has 37 heavy (non-hydrogen) atoms. The van der Waals surface area contributed by atoms with Gasteiger partial charge < -0.3 is 19.8 Å². The molecule has 0 radical (unpaired) electrons. The van der Waals surface area contributed by atoms with Gasteiger partial charge in [0.05, 0.1) is 5.92 Å². The van der Waals surface area contributed by atoms with Gasteiger partial charge in [-0.25, -0.2) is 0 Å². The second kappa shape index (κ2) is 10.5. The van der Waals surface area contributed by atoms with Crippen LogP contribution in [0.25, 0.3) is 11.4 Å². The van der Waals surface area contributed by atoms with Crippen LogP contribution < -0.4 is 5.32 Å². The van der Waals surface area contributed by atoms with Crippen molar-refractivity contribution in [3.8, 4) is 11.4 Å². The number of carbonyl (C=O) groups is 1. The number of nitrogens with zero attached hydrogens (tertiary/aromatic N) is 4. The number of amides is 1. The van der Waals surface area contributed by atoms with Crippen molar-refractivity contribution >= 4 is 18.3 Å². The molecule has 2 saturated heterocycles. The van der Waals surface area contributed by atoms with Gasteiger partial charge in [-0.1, -0.05) is 50.2 Å². The SMILES string of the molecule is CC(=O)N1CCC[C@@H](c2nc(-c3cncc(C(O)(c4ccc(C(C)C)cc4)C4(C)CNC4)c3)no2)C1.Cl. The van der Waals surface area contributed by atoms with E-state index in [2.05, 4.69) is 53.3 Å². The first-order valence-corrected chi connectivity index (χ1v) is 12.8. The van der Waals surface area contributed by atoms with Crippen molar-refractivity contribution in [3.63, 3.8) is 0 Å². The highest BCUT2D eigenvalue weighted by Gasteiger charge is 2.53. The van der Waals surface area contributed by atoms with Gasteiger partial charge in [0.25, 0.3) is 0 Å². The fourth-order valence-electron chi connectivity index (χ4n) is 5.47. The molecule has 0 saturated carbocycles. The number of rotatable bonds is 6. The van der Waals surface area contributed by atoms with Gasteiger partial charge in [0.2, 0.25) is 17.6 Å². The van der Waals surface area contributed by atoms with Crippen LogP contribution in [0.1, 0.15) is 75.0 Å². The largest absolute Gasteiger partial charge is 0.380 e. The van der Waals surface area contributed by atoms with Crippen LogP contribution in [-0.4, -0.2) is 57.2 Å². The molecule has 8 nitrogen and oxygen atoms in total. The van der Waals surface area contributed by atoms with Gasteiger partial charge >= 0.3 is 0 Å². The number of piperidine rings is 1. The van der Waals surface area contributed by atoms with E-state index in [1.165, 1.54) is 5.56 Å². The fourth-order valence-corrected chi connectivity index (χ4v) is 5.47. The fraction of sp³-hybridized carbons (Fsp3) is 0.500. The van der Waals surface area contributed by atoms with E-state index < -0.39 is 11.0 Å². The quantitative estimate of drug-likeness (QED) is 0.495. The number of nitrogens with one attached hydrogen (secondary N) is 1. The average molecular weight is 526 g/mol. The summed E-state index contributed by atoms with van der Waals surface area (Å²) in [4.78, 5) is 22.8. The Kier molecular flexibility index (Phi) is 7.74. The van der Waals surface area contributed by atoms with Crippen LogP contribution in [0.4, 0.5) is 0 Å². The third kappa shape index (κ3) is 4.90. The van der Waals surface area contributed by atoms with Crippen molar-refractivity contribution in [1.29, 1.82) is 0 Å². The van der Waals surface area contributed by atoms with Gasteiger partial charge in [0, 0.05) is 62.0 Å². The van der Waals surface area contributed by atoms with Crippen LogP contribution in [-0.2, 0) is 10.4 Å². The molecule has 0 aliphatic carbocycles. The molecule has 5 rings (SSSR count). The zero-order valence-corrected chi connectivity index (χ0v) is 22.7. The lowest BCUT2D eigenvalue weighted by Crippen LogP contribution is -2.63. The number of hydrogen-bond acceptors (Lipinski definition) is 7. The Balaban J connectivity index is 0.00000320. The first-order valence-electron chi connectivity index (χ1n) is 12.8. The van der Waals surface area contributed by atoms with Crippen LogP contribution >= 0.6 is 12.4 Å². The van der Waals surface area contributed by atoms with E-state index in [1.54, 1.807) is 19.3 Å². The van der Waals surface area contributed by atoms with Crippen LogP contribution in [0.3, 0.4) is 0 Å². The molecule has 2 aromatic heterocycles. The number of halogens is 1. The third-order valence-electron chi connectivity index (χ3n) is 7.97. The normalized spacial score (nSPS) is 20.6. The molecule has 2 aliphatic heterocycles. The number of aromatic nitrogens is 3. The summed E-state index contributed by atoms with van der Waals surface area (Å²) >= 11 is 0. The Morgan fingerprint density at radius 2 is 1.95 bits per heavy atom. The summed E-state index contributed by atoms with van der Waals surface area (Å²) in [6.07, 6.45) is 5.25. The summed E-state index contributed by atoms with van der Waals surface area (Å²) in [6, 6.07) is 10.2. The summed E-state index contributed by atoms with van der Waals surface area (Å²) < 4.78 is 5.63. The lowest BCUT2D eigenvalue weighted by atomic mass is 9.63. The molecule has 1 aromatic carbocycles. The van der Waals surface area contributed by atoms with Crippen LogP contribution in [0.15, 0.2) is 47.2 Å². The Bertz CT molecular complexity index is 1240. The number of pyridine rings is 1. The maximum Gasteiger partial charge on any atom is 0.231 e. The Hall–Kier alpha value is -2.81. The molecule has 0 spiro atoms. The van der Waals surface area contributed by atoms with Gasteiger partial charge in [0.1, 0.15) is 5.60 Å². The molecule has 2 aliphatic rings. The van der Waals surface area contributed by atoms with Crippen molar-refractivity contribution in [3.05, 3.63) is 65.3 Å². The van der Waals surface area contributed by atoms with E-state index in [4.69, 9.17) is 4.52 Å². The molecule has 2 atom stereocenters. The number of carbonyl (C=O) groups excluding carboxylic acids is 1. The summed E-state index contributed by atoms with van der Waals surface area (Å²) in [5.41, 5.74) is 1.83. The third-order valence-corrected chi connectivity index (χ3v) is 7.97. The summed E-state index contributed by atoms with van der Waals surface area (Å²) in [5, 5.41) is 19.9. The van der Waals surface area contributed by atoms with Crippen molar-refractivity contribution < 1.29 is 14.4 Å². The predicted octanol–water partition coefficient (Wildman–Crippen LogP) is 4.25. The number of benzene rings is 1. The molecular weight excluding hydrogens is 490 g/mol. The molecule has 3 aromatic rings. The number of aliphatic hydroxyl groups is 1. The summed E-state index contributed by atoms with van der Waals surface area (Å²) in [6.45, 7) is 10.8. The number of hydrogen-bond donors (Lipinski definition) is 2. The minimum absolute atomic E-state index is 0. The summed E-state index contributed by atoms with van der Waals surface area (Å²) in [7, 11) is 0. The minimum Gasteiger partial charge on any atom is -0.380 e. The molecule has 4 heterocycles. The second-order valence-electron chi connectivity index (χ2n) is 10.9. The molecule has 1 amide bonds. The Labute approximate surface area is 224 Å². The molecule has 2 fully saturated rings.